The van der Waals surface area contributed by atoms with Crippen molar-refractivity contribution in [2.24, 2.45) is 13.0 Å². The van der Waals surface area contributed by atoms with E-state index in [-0.39, 0.29) is 6.10 Å². The number of pyridine rings is 1. The molecule has 3 heterocycles. The minimum atomic E-state index is -0.237. The van der Waals surface area contributed by atoms with Crippen LogP contribution in [0.3, 0.4) is 0 Å². The normalized spacial score (nSPS) is 22.8. The predicted molar refractivity (Wildman–Crippen MR) is 80.8 cm³/mol. The van der Waals surface area contributed by atoms with Gasteiger partial charge in [-0.3, -0.25) is 9.88 Å². The fourth-order valence-corrected chi connectivity index (χ4v) is 3.04. The van der Waals surface area contributed by atoms with E-state index in [9.17, 15) is 5.11 Å². The molecule has 112 valence electrons. The number of aryl methyl sites for hydroxylation is 1. The van der Waals surface area contributed by atoms with Gasteiger partial charge < -0.3 is 9.67 Å². The molecule has 2 atom stereocenters. The molecule has 1 aliphatic heterocycles. The highest BCUT2D eigenvalue weighted by molar-refractivity contribution is 5.11. The van der Waals surface area contributed by atoms with Crippen LogP contribution in [0.15, 0.2) is 36.9 Å². The van der Waals surface area contributed by atoms with E-state index in [4.69, 9.17) is 0 Å². The summed E-state index contributed by atoms with van der Waals surface area (Å²) in [4.78, 5) is 10.7. The van der Waals surface area contributed by atoms with Gasteiger partial charge in [0.05, 0.1) is 6.10 Å². The third-order valence-electron chi connectivity index (χ3n) is 4.30. The third-order valence-corrected chi connectivity index (χ3v) is 4.30. The Hall–Kier alpha value is -1.72. The van der Waals surface area contributed by atoms with Gasteiger partial charge in [-0.05, 0) is 24.1 Å². The summed E-state index contributed by atoms with van der Waals surface area (Å²) < 4.78 is 2.06. The number of nitrogens with zero attached hydrogens (tertiary/aromatic N) is 4. The fraction of sp³-hybridized carbons (Fsp3) is 0.500. The zero-order valence-electron chi connectivity index (χ0n) is 12.4. The Morgan fingerprint density at radius 1 is 1.24 bits per heavy atom. The average molecular weight is 286 g/mol. The highest BCUT2D eigenvalue weighted by Gasteiger charge is 2.30. The minimum Gasteiger partial charge on any atom is -0.391 e. The number of hydrogen-bond acceptors (Lipinski definition) is 4. The molecule has 1 saturated heterocycles. The van der Waals surface area contributed by atoms with E-state index in [0.717, 1.165) is 38.3 Å². The highest BCUT2D eigenvalue weighted by atomic mass is 16.3. The monoisotopic (exact) mass is 286 g/mol. The van der Waals surface area contributed by atoms with Crippen LogP contribution in [0, 0.1) is 5.92 Å². The van der Waals surface area contributed by atoms with Gasteiger partial charge >= 0.3 is 0 Å². The lowest BCUT2D eigenvalue weighted by Gasteiger charge is -2.15. The number of rotatable bonds is 5. The van der Waals surface area contributed by atoms with E-state index in [2.05, 4.69) is 19.4 Å². The first kappa shape index (κ1) is 14.2. The Morgan fingerprint density at radius 3 is 2.76 bits per heavy atom. The summed E-state index contributed by atoms with van der Waals surface area (Å²) in [7, 11) is 2.02. The SMILES string of the molecule is Cn1ccnc1CCN1C[C@@H](Cc2ccncc2)[C@H](O)C1. The number of aromatic nitrogens is 3. The van der Waals surface area contributed by atoms with Crippen LogP contribution in [-0.4, -0.2) is 50.3 Å². The first-order valence-corrected chi connectivity index (χ1v) is 7.48. The quantitative estimate of drug-likeness (QED) is 0.887. The Balaban J connectivity index is 1.52. The molecule has 0 radical (unpaired) electrons. The average Bonchev–Trinajstić information content (AvgIpc) is 3.04. The molecule has 5 nitrogen and oxygen atoms in total. The lowest BCUT2D eigenvalue weighted by atomic mass is 9.97. The van der Waals surface area contributed by atoms with Crippen molar-refractivity contribution in [3.63, 3.8) is 0 Å². The maximum absolute atomic E-state index is 10.3. The first-order valence-electron chi connectivity index (χ1n) is 7.48. The number of imidazole rings is 1. The van der Waals surface area contributed by atoms with Crippen LogP contribution in [0.5, 0.6) is 0 Å². The van der Waals surface area contributed by atoms with Crippen molar-refractivity contribution >= 4 is 0 Å². The topological polar surface area (TPSA) is 54.2 Å². The molecule has 0 spiro atoms. The van der Waals surface area contributed by atoms with Crippen molar-refractivity contribution in [2.75, 3.05) is 19.6 Å². The van der Waals surface area contributed by atoms with Crippen molar-refractivity contribution in [3.05, 3.63) is 48.3 Å². The molecular formula is C16H22N4O. The number of aliphatic hydroxyl groups is 1. The molecule has 0 aromatic carbocycles. The van der Waals surface area contributed by atoms with Gasteiger partial charge in [0, 0.05) is 63.8 Å². The van der Waals surface area contributed by atoms with Crippen LogP contribution in [0.2, 0.25) is 0 Å². The first-order chi connectivity index (χ1) is 10.2. The van der Waals surface area contributed by atoms with E-state index < -0.39 is 0 Å². The van der Waals surface area contributed by atoms with Gasteiger partial charge in [-0.1, -0.05) is 0 Å². The predicted octanol–water partition coefficient (Wildman–Crippen LogP) is 0.893. The lowest BCUT2D eigenvalue weighted by molar-refractivity contribution is 0.141. The maximum Gasteiger partial charge on any atom is 0.109 e. The van der Waals surface area contributed by atoms with Crippen LogP contribution in [0.4, 0.5) is 0 Å². The fourth-order valence-electron chi connectivity index (χ4n) is 3.04. The molecule has 5 heteroatoms. The van der Waals surface area contributed by atoms with Gasteiger partial charge in [0.15, 0.2) is 0 Å². The van der Waals surface area contributed by atoms with E-state index in [0.29, 0.717) is 5.92 Å². The summed E-state index contributed by atoms with van der Waals surface area (Å²) in [6.45, 7) is 2.67. The van der Waals surface area contributed by atoms with Crippen LogP contribution >= 0.6 is 0 Å². The van der Waals surface area contributed by atoms with Crippen molar-refractivity contribution in [1.29, 1.82) is 0 Å². The van der Waals surface area contributed by atoms with Gasteiger partial charge in [-0.2, -0.15) is 0 Å². The molecule has 2 aromatic rings. The van der Waals surface area contributed by atoms with Crippen molar-refractivity contribution in [1.82, 2.24) is 19.4 Å². The Labute approximate surface area is 125 Å². The third kappa shape index (κ3) is 3.49. The maximum atomic E-state index is 10.3. The number of β-amino-alcohol motifs (C(OH)–C–C–N with tert-alkyl or cyclic N) is 1. The van der Waals surface area contributed by atoms with Crippen LogP contribution in [0.1, 0.15) is 11.4 Å². The van der Waals surface area contributed by atoms with Crippen molar-refractivity contribution in [3.8, 4) is 0 Å². The smallest absolute Gasteiger partial charge is 0.109 e. The van der Waals surface area contributed by atoms with Crippen LogP contribution in [0.25, 0.3) is 0 Å². The van der Waals surface area contributed by atoms with E-state index >= 15 is 0 Å². The molecule has 2 aromatic heterocycles. The summed E-state index contributed by atoms with van der Waals surface area (Å²) in [6.07, 6.45) is 9.05. The Morgan fingerprint density at radius 2 is 2.05 bits per heavy atom. The lowest BCUT2D eigenvalue weighted by Crippen LogP contribution is -2.25. The second-order valence-electron chi connectivity index (χ2n) is 5.85. The standard InChI is InChI=1S/C16H22N4O/c1-19-9-7-18-16(19)4-8-20-11-14(15(21)12-20)10-13-2-5-17-6-3-13/h2-3,5-7,9,14-15,21H,4,8,10-12H2,1H3/t14-,15-/m1/s1. The molecule has 3 rings (SSSR count). The van der Waals surface area contributed by atoms with Gasteiger partial charge in [0.2, 0.25) is 0 Å². The summed E-state index contributed by atoms with van der Waals surface area (Å²) in [6, 6.07) is 4.06. The second kappa shape index (κ2) is 6.37. The van der Waals surface area contributed by atoms with E-state index in [1.165, 1.54) is 5.56 Å². The van der Waals surface area contributed by atoms with Crippen molar-refractivity contribution in [2.45, 2.75) is 18.9 Å². The van der Waals surface area contributed by atoms with Gasteiger partial charge in [-0.25, -0.2) is 4.98 Å². The number of aliphatic hydroxyl groups excluding tert-OH is 1. The zero-order chi connectivity index (χ0) is 14.7. The summed E-state index contributed by atoms with van der Waals surface area (Å²) in [5.41, 5.74) is 1.25. The Bertz CT molecular complexity index is 569. The number of likely N-dealkylation sites (tertiary alicyclic amines) is 1. The van der Waals surface area contributed by atoms with Crippen LogP contribution in [-0.2, 0) is 19.9 Å². The second-order valence-corrected chi connectivity index (χ2v) is 5.85. The molecule has 1 aliphatic rings. The van der Waals surface area contributed by atoms with E-state index in [1.807, 2.05) is 44.0 Å². The molecule has 0 unspecified atom stereocenters. The molecule has 0 amide bonds. The molecule has 0 aliphatic carbocycles. The Kier molecular flexibility index (Phi) is 4.31. The number of hydrogen-bond donors (Lipinski definition) is 1. The van der Waals surface area contributed by atoms with Gasteiger partial charge in [-0.15, -0.1) is 0 Å². The van der Waals surface area contributed by atoms with Gasteiger partial charge in [0.25, 0.3) is 0 Å². The van der Waals surface area contributed by atoms with Gasteiger partial charge in [0.1, 0.15) is 5.82 Å². The molecule has 21 heavy (non-hydrogen) atoms. The molecular weight excluding hydrogens is 264 g/mol. The molecule has 0 bridgehead atoms. The largest absolute Gasteiger partial charge is 0.391 e. The highest BCUT2D eigenvalue weighted by Crippen LogP contribution is 2.21. The molecule has 0 saturated carbocycles. The van der Waals surface area contributed by atoms with Crippen LogP contribution < -0.4 is 0 Å². The molecule has 1 fully saturated rings. The minimum absolute atomic E-state index is 0.237. The van der Waals surface area contributed by atoms with E-state index in [1.54, 1.807) is 0 Å². The summed E-state index contributed by atoms with van der Waals surface area (Å²) >= 11 is 0. The van der Waals surface area contributed by atoms with Crippen molar-refractivity contribution < 1.29 is 5.11 Å². The zero-order valence-corrected chi connectivity index (χ0v) is 12.4. The molecule has 1 N–H and O–H groups in total. The summed E-state index contributed by atoms with van der Waals surface area (Å²) in [5.74, 6) is 1.41. The summed E-state index contributed by atoms with van der Waals surface area (Å²) in [5, 5.41) is 10.3.